The monoisotopic (exact) mass is 346 g/mol. The fourth-order valence-corrected chi connectivity index (χ4v) is 4.83. The molecule has 1 unspecified atom stereocenters. The molecule has 0 radical (unpaired) electrons. The third-order valence-corrected chi connectivity index (χ3v) is 5.95. The summed E-state index contributed by atoms with van der Waals surface area (Å²) in [6.45, 7) is 5.92. The molecule has 4 rings (SSSR count). The number of hydrogen-bond donors (Lipinski definition) is 0. The molecular weight excluding hydrogens is 324 g/mol. The summed E-state index contributed by atoms with van der Waals surface area (Å²) in [5, 5.41) is 0. The van der Waals surface area contributed by atoms with Crippen LogP contribution in [0.1, 0.15) is 13.3 Å². The maximum Gasteiger partial charge on any atom is 0.0553 e. The minimum Gasteiger partial charge on any atom is -0.339 e. The predicted molar refractivity (Wildman–Crippen MR) is 101 cm³/mol. The number of likely N-dealkylation sites (tertiary alicyclic amines) is 1. The molecule has 2 nitrogen and oxygen atoms in total. The minimum atomic E-state index is 0. The highest BCUT2D eigenvalue weighted by Gasteiger charge is 2.36. The van der Waals surface area contributed by atoms with Crippen molar-refractivity contribution in [2.75, 3.05) is 31.6 Å². The van der Waals surface area contributed by atoms with Crippen LogP contribution in [-0.2, 0) is 0 Å². The molecule has 2 aromatic carbocycles. The zero-order valence-corrected chi connectivity index (χ0v) is 15.3. The van der Waals surface area contributed by atoms with E-state index >= 15 is 0 Å². The van der Waals surface area contributed by atoms with Crippen LogP contribution >= 0.6 is 24.2 Å². The van der Waals surface area contributed by atoms with Gasteiger partial charge in [-0.05, 0) is 49.7 Å². The second kappa shape index (κ2) is 6.39. The van der Waals surface area contributed by atoms with Gasteiger partial charge in [0.1, 0.15) is 0 Å². The second-order valence-corrected chi connectivity index (χ2v) is 8.01. The van der Waals surface area contributed by atoms with Crippen LogP contribution in [0.3, 0.4) is 0 Å². The van der Waals surface area contributed by atoms with Gasteiger partial charge in [0.05, 0.1) is 11.4 Å². The molecule has 122 valence electrons. The van der Waals surface area contributed by atoms with E-state index in [0.717, 1.165) is 6.54 Å². The predicted octanol–water partition coefficient (Wildman–Crippen LogP) is 5.05. The third-order valence-electron chi connectivity index (χ3n) is 4.82. The molecule has 1 atom stereocenters. The van der Waals surface area contributed by atoms with E-state index in [1.165, 1.54) is 40.7 Å². The zero-order valence-electron chi connectivity index (χ0n) is 13.7. The van der Waals surface area contributed by atoms with Crippen LogP contribution in [0, 0.1) is 5.41 Å². The number of nitrogens with zero attached hydrogens (tertiary/aromatic N) is 2. The first-order valence-corrected chi connectivity index (χ1v) is 8.78. The maximum absolute atomic E-state index is 2.54. The Hall–Kier alpha value is -1.16. The van der Waals surface area contributed by atoms with Crippen LogP contribution in [0.15, 0.2) is 58.3 Å². The quantitative estimate of drug-likeness (QED) is 0.751. The Morgan fingerprint density at radius 3 is 2.09 bits per heavy atom. The summed E-state index contributed by atoms with van der Waals surface area (Å²) < 4.78 is 0. The summed E-state index contributed by atoms with van der Waals surface area (Å²) in [4.78, 5) is 7.74. The van der Waals surface area contributed by atoms with Crippen LogP contribution in [-0.4, -0.2) is 31.6 Å². The highest BCUT2D eigenvalue weighted by Crippen LogP contribution is 2.49. The SMILES string of the molecule is CN1CCC(C)(CN2c3ccccc3Sc3ccccc32)C1.Cl. The summed E-state index contributed by atoms with van der Waals surface area (Å²) in [5.74, 6) is 0. The van der Waals surface area contributed by atoms with Gasteiger partial charge >= 0.3 is 0 Å². The summed E-state index contributed by atoms with van der Waals surface area (Å²) >= 11 is 1.89. The van der Waals surface area contributed by atoms with E-state index in [0.29, 0.717) is 5.41 Å². The average molecular weight is 347 g/mol. The van der Waals surface area contributed by atoms with Crippen molar-refractivity contribution in [3.8, 4) is 0 Å². The standard InChI is InChI=1S/C19H22N2S.ClH/c1-19(11-12-20(2)13-19)14-21-15-7-3-5-9-17(15)22-18-10-6-4-8-16(18)21;/h3-10H,11-14H2,1-2H3;1H. The molecule has 0 aromatic heterocycles. The first-order chi connectivity index (χ1) is 10.6. The van der Waals surface area contributed by atoms with Gasteiger partial charge in [-0.25, -0.2) is 0 Å². The smallest absolute Gasteiger partial charge is 0.0553 e. The summed E-state index contributed by atoms with van der Waals surface area (Å²) in [6, 6.07) is 17.6. The van der Waals surface area contributed by atoms with E-state index in [-0.39, 0.29) is 12.4 Å². The fraction of sp³-hybridized carbons (Fsp3) is 0.368. The molecule has 2 aliphatic rings. The number of para-hydroxylation sites is 2. The molecule has 0 saturated carbocycles. The Kier molecular flexibility index (Phi) is 4.63. The lowest BCUT2D eigenvalue weighted by atomic mass is 9.88. The van der Waals surface area contributed by atoms with Crippen LogP contribution in [0.4, 0.5) is 11.4 Å². The third kappa shape index (κ3) is 3.10. The molecule has 2 aromatic rings. The lowest BCUT2D eigenvalue weighted by Crippen LogP contribution is -2.36. The van der Waals surface area contributed by atoms with Crippen molar-refractivity contribution in [2.45, 2.75) is 23.1 Å². The summed E-state index contributed by atoms with van der Waals surface area (Å²) in [6.07, 6.45) is 1.28. The Balaban J connectivity index is 0.00000156. The molecule has 0 spiro atoms. The Morgan fingerprint density at radius 1 is 1.00 bits per heavy atom. The lowest BCUT2D eigenvalue weighted by Gasteiger charge is -2.38. The topological polar surface area (TPSA) is 6.48 Å². The molecular formula is C19H23ClN2S. The zero-order chi connectivity index (χ0) is 15.2. The fourth-order valence-electron chi connectivity index (χ4n) is 3.73. The van der Waals surface area contributed by atoms with E-state index in [9.17, 15) is 0 Å². The molecule has 23 heavy (non-hydrogen) atoms. The van der Waals surface area contributed by atoms with E-state index in [1.54, 1.807) is 0 Å². The van der Waals surface area contributed by atoms with Crippen LogP contribution in [0.25, 0.3) is 0 Å². The van der Waals surface area contributed by atoms with E-state index in [2.05, 4.69) is 72.3 Å². The highest BCUT2D eigenvalue weighted by molar-refractivity contribution is 7.99. The van der Waals surface area contributed by atoms with Gasteiger partial charge in [0.15, 0.2) is 0 Å². The van der Waals surface area contributed by atoms with Gasteiger partial charge in [-0.15, -0.1) is 12.4 Å². The highest BCUT2D eigenvalue weighted by atomic mass is 35.5. The van der Waals surface area contributed by atoms with Crippen LogP contribution < -0.4 is 4.90 Å². The van der Waals surface area contributed by atoms with Gasteiger partial charge in [0, 0.05) is 22.9 Å². The van der Waals surface area contributed by atoms with Crippen molar-refractivity contribution in [1.82, 2.24) is 4.90 Å². The Labute approximate surface area is 149 Å². The van der Waals surface area contributed by atoms with Gasteiger partial charge in [0.25, 0.3) is 0 Å². The van der Waals surface area contributed by atoms with Gasteiger partial charge in [0.2, 0.25) is 0 Å². The second-order valence-electron chi connectivity index (χ2n) is 6.92. The van der Waals surface area contributed by atoms with Gasteiger partial charge in [-0.2, -0.15) is 0 Å². The van der Waals surface area contributed by atoms with Crippen molar-refractivity contribution in [1.29, 1.82) is 0 Å². The van der Waals surface area contributed by atoms with Crippen LogP contribution in [0.5, 0.6) is 0 Å². The number of benzene rings is 2. The Bertz CT molecular complexity index is 660. The van der Waals surface area contributed by atoms with Crippen molar-refractivity contribution in [3.63, 3.8) is 0 Å². The van der Waals surface area contributed by atoms with E-state index in [4.69, 9.17) is 0 Å². The lowest BCUT2D eigenvalue weighted by molar-refractivity contribution is 0.316. The van der Waals surface area contributed by atoms with Gasteiger partial charge in [-0.3, -0.25) is 0 Å². The molecule has 2 heterocycles. The largest absolute Gasteiger partial charge is 0.339 e. The maximum atomic E-state index is 2.54. The minimum absolute atomic E-state index is 0. The van der Waals surface area contributed by atoms with Gasteiger partial charge < -0.3 is 9.80 Å². The first kappa shape index (κ1) is 16.7. The number of anilines is 2. The van der Waals surface area contributed by atoms with Crippen molar-refractivity contribution >= 4 is 35.5 Å². The molecule has 4 heteroatoms. The number of hydrogen-bond acceptors (Lipinski definition) is 3. The number of fused-ring (bicyclic) bond motifs is 2. The normalized spacial score (nSPS) is 23.1. The molecule has 1 saturated heterocycles. The molecule has 0 N–H and O–H groups in total. The van der Waals surface area contributed by atoms with E-state index < -0.39 is 0 Å². The molecule has 0 bridgehead atoms. The van der Waals surface area contributed by atoms with Crippen molar-refractivity contribution in [2.24, 2.45) is 5.41 Å². The molecule has 2 aliphatic heterocycles. The van der Waals surface area contributed by atoms with Crippen molar-refractivity contribution < 1.29 is 0 Å². The summed E-state index contributed by atoms with van der Waals surface area (Å²) in [7, 11) is 2.24. The van der Waals surface area contributed by atoms with E-state index in [1.807, 2.05) is 11.8 Å². The molecule has 0 amide bonds. The van der Waals surface area contributed by atoms with Crippen molar-refractivity contribution in [3.05, 3.63) is 48.5 Å². The first-order valence-electron chi connectivity index (χ1n) is 7.97. The molecule has 1 fully saturated rings. The Morgan fingerprint density at radius 2 is 1.57 bits per heavy atom. The molecule has 0 aliphatic carbocycles. The van der Waals surface area contributed by atoms with Crippen LogP contribution in [0.2, 0.25) is 0 Å². The summed E-state index contributed by atoms with van der Waals surface area (Å²) in [5.41, 5.74) is 3.08. The number of halogens is 1. The van der Waals surface area contributed by atoms with Gasteiger partial charge in [-0.1, -0.05) is 43.0 Å². The average Bonchev–Trinajstić information content (AvgIpc) is 2.86. The number of rotatable bonds is 2.